The van der Waals surface area contributed by atoms with Crippen molar-refractivity contribution in [3.8, 4) is 11.3 Å². The molecule has 1 aromatic carbocycles. The Balaban J connectivity index is 2.04. The molecule has 102 valence electrons. The summed E-state index contributed by atoms with van der Waals surface area (Å²) in [6, 6.07) is 6.31. The van der Waals surface area contributed by atoms with Crippen molar-refractivity contribution in [3.05, 3.63) is 41.4 Å². The van der Waals surface area contributed by atoms with Crippen molar-refractivity contribution >= 4 is 0 Å². The van der Waals surface area contributed by atoms with Gasteiger partial charge < -0.3 is 14.5 Å². The molecule has 1 N–H and O–H groups in total. The first-order valence-corrected chi connectivity index (χ1v) is 6.42. The van der Waals surface area contributed by atoms with Crippen LogP contribution < -0.4 is 5.32 Å². The number of ether oxygens (including phenoxy) is 1. The summed E-state index contributed by atoms with van der Waals surface area (Å²) in [6.07, 6.45) is 1.78. The number of hydrogen-bond donors (Lipinski definition) is 1. The van der Waals surface area contributed by atoms with Gasteiger partial charge in [-0.15, -0.1) is 0 Å². The summed E-state index contributed by atoms with van der Waals surface area (Å²) in [5, 5.41) is 3.21. The van der Waals surface area contributed by atoms with Crippen LogP contribution >= 0.6 is 0 Å². The van der Waals surface area contributed by atoms with Crippen LogP contribution in [0.4, 0.5) is 0 Å². The van der Waals surface area contributed by atoms with Crippen molar-refractivity contribution < 1.29 is 9.15 Å². The third-order valence-electron chi connectivity index (χ3n) is 2.96. The molecule has 0 unspecified atom stereocenters. The Morgan fingerprint density at radius 1 is 1.32 bits per heavy atom. The largest absolute Gasteiger partial charge is 0.439 e. The number of rotatable bonds is 6. The summed E-state index contributed by atoms with van der Waals surface area (Å²) in [5.74, 6) is 1.52. The van der Waals surface area contributed by atoms with Gasteiger partial charge in [-0.3, -0.25) is 0 Å². The maximum Gasteiger partial charge on any atom is 0.208 e. The molecule has 0 amide bonds. The molecule has 0 spiro atoms. The number of hydrogen-bond acceptors (Lipinski definition) is 4. The van der Waals surface area contributed by atoms with Gasteiger partial charge in [0.15, 0.2) is 5.76 Å². The Morgan fingerprint density at radius 3 is 2.89 bits per heavy atom. The average Bonchev–Trinajstić information content (AvgIpc) is 2.83. The van der Waals surface area contributed by atoms with Gasteiger partial charge in [0.05, 0.1) is 19.3 Å². The van der Waals surface area contributed by atoms with Crippen molar-refractivity contribution in [1.29, 1.82) is 0 Å². The maximum atomic E-state index is 5.76. The van der Waals surface area contributed by atoms with Crippen molar-refractivity contribution in [3.63, 3.8) is 0 Å². The first-order valence-electron chi connectivity index (χ1n) is 6.42. The number of methoxy groups -OCH3 is 1. The number of nitrogens with zero attached hydrogens (tertiary/aromatic N) is 1. The molecule has 4 heteroatoms. The van der Waals surface area contributed by atoms with Gasteiger partial charge in [-0.25, -0.2) is 4.98 Å². The van der Waals surface area contributed by atoms with Crippen LogP contribution in [0.3, 0.4) is 0 Å². The minimum Gasteiger partial charge on any atom is -0.439 e. The molecule has 0 radical (unpaired) electrons. The zero-order chi connectivity index (χ0) is 13.7. The quantitative estimate of drug-likeness (QED) is 0.811. The van der Waals surface area contributed by atoms with E-state index in [0.717, 1.165) is 17.9 Å². The molecule has 2 rings (SSSR count). The van der Waals surface area contributed by atoms with Gasteiger partial charge in [-0.05, 0) is 19.4 Å². The zero-order valence-electron chi connectivity index (χ0n) is 11.7. The fraction of sp³-hybridized carbons (Fsp3) is 0.400. The Bertz CT molecular complexity index is 535. The van der Waals surface area contributed by atoms with E-state index in [1.165, 1.54) is 11.1 Å². The first-order chi connectivity index (χ1) is 9.20. The Labute approximate surface area is 113 Å². The standard InChI is InChI=1S/C15H20N2O2/c1-11-4-5-13(12(2)8-11)14-9-17-15(19-14)10-16-6-7-18-3/h4-5,8-9,16H,6-7,10H2,1-3H3. The smallest absolute Gasteiger partial charge is 0.208 e. The number of aryl methyl sites for hydroxylation is 2. The highest BCUT2D eigenvalue weighted by Crippen LogP contribution is 2.24. The molecule has 19 heavy (non-hydrogen) atoms. The van der Waals surface area contributed by atoms with Crippen LogP contribution in [0.15, 0.2) is 28.8 Å². The van der Waals surface area contributed by atoms with E-state index in [2.05, 4.69) is 42.3 Å². The number of nitrogens with one attached hydrogen (secondary N) is 1. The van der Waals surface area contributed by atoms with Gasteiger partial charge in [0, 0.05) is 19.2 Å². The molecule has 0 saturated heterocycles. The third kappa shape index (κ3) is 3.66. The van der Waals surface area contributed by atoms with Crippen molar-refractivity contribution in [2.75, 3.05) is 20.3 Å². The minimum absolute atomic E-state index is 0.619. The summed E-state index contributed by atoms with van der Waals surface area (Å²) < 4.78 is 10.7. The lowest BCUT2D eigenvalue weighted by molar-refractivity contribution is 0.198. The molecule has 0 fully saturated rings. The number of benzene rings is 1. The van der Waals surface area contributed by atoms with Crippen LogP contribution in [0.25, 0.3) is 11.3 Å². The zero-order valence-corrected chi connectivity index (χ0v) is 11.7. The molecule has 0 aliphatic heterocycles. The normalized spacial score (nSPS) is 10.9. The molecule has 0 aliphatic carbocycles. The molecule has 2 aromatic rings. The number of oxazole rings is 1. The van der Waals surface area contributed by atoms with E-state index in [1.54, 1.807) is 13.3 Å². The molecule has 0 aliphatic rings. The third-order valence-corrected chi connectivity index (χ3v) is 2.96. The monoisotopic (exact) mass is 260 g/mol. The van der Waals surface area contributed by atoms with Crippen LogP contribution in [0, 0.1) is 13.8 Å². The first kappa shape index (κ1) is 13.8. The van der Waals surface area contributed by atoms with Gasteiger partial charge in [0.2, 0.25) is 5.89 Å². The van der Waals surface area contributed by atoms with E-state index >= 15 is 0 Å². The second kappa shape index (κ2) is 6.50. The molecule has 1 heterocycles. The van der Waals surface area contributed by atoms with Crippen LogP contribution in [0.5, 0.6) is 0 Å². The lowest BCUT2D eigenvalue weighted by Gasteiger charge is -2.03. The van der Waals surface area contributed by atoms with Gasteiger partial charge in [-0.2, -0.15) is 0 Å². The molecule has 0 saturated carbocycles. The molecular formula is C15H20N2O2. The summed E-state index contributed by atoms with van der Waals surface area (Å²) >= 11 is 0. The summed E-state index contributed by atoms with van der Waals surface area (Å²) in [4.78, 5) is 4.28. The maximum absolute atomic E-state index is 5.76. The highest BCUT2D eigenvalue weighted by atomic mass is 16.5. The second-order valence-electron chi connectivity index (χ2n) is 4.61. The highest BCUT2D eigenvalue weighted by Gasteiger charge is 2.08. The molecule has 0 bridgehead atoms. The summed E-state index contributed by atoms with van der Waals surface area (Å²) in [5.41, 5.74) is 3.55. The topological polar surface area (TPSA) is 47.3 Å². The SMILES string of the molecule is COCCNCc1ncc(-c2ccc(C)cc2C)o1. The Hall–Kier alpha value is -1.65. The van der Waals surface area contributed by atoms with Gasteiger partial charge in [0.1, 0.15) is 0 Å². The fourth-order valence-corrected chi connectivity index (χ4v) is 1.98. The lowest BCUT2D eigenvalue weighted by atomic mass is 10.0. The van der Waals surface area contributed by atoms with Crippen molar-refractivity contribution in [2.24, 2.45) is 0 Å². The highest BCUT2D eigenvalue weighted by molar-refractivity contribution is 5.61. The van der Waals surface area contributed by atoms with Crippen molar-refractivity contribution in [1.82, 2.24) is 10.3 Å². The summed E-state index contributed by atoms with van der Waals surface area (Å²) in [6.45, 7) is 6.26. The second-order valence-corrected chi connectivity index (χ2v) is 4.61. The minimum atomic E-state index is 0.619. The van der Waals surface area contributed by atoms with Gasteiger partial charge >= 0.3 is 0 Å². The molecule has 1 aromatic heterocycles. The average molecular weight is 260 g/mol. The van der Waals surface area contributed by atoms with Gasteiger partial charge in [0.25, 0.3) is 0 Å². The van der Waals surface area contributed by atoms with Gasteiger partial charge in [-0.1, -0.05) is 23.8 Å². The van der Waals surface area contributed by atoms with Crippen LogP contribution in [0.2, 0.25) is 0 Å². The Kier molecular flexibility index (Phi) is 4.71. The van der Waals surface area contributed by atoms with Crippen LogP contribution in [-0.2, 0) is 11.3 Å². The van der Waals surface area contributed by atoms with Crippen LogP contribution in [0.1, 0.15) is 17.0 Å². The molecule has 4 nitrogen and oxygen atoms in total. The predicted molar refractivity (Wildman–Crippen MR) is 75.0 cm³/mol. The van der Waals surface area contributed by atoms with E-state index in [-0.39, 0.29) is 0 Å². The number of aromatic nitrogens is 1. The van der Waals surface area contributed by atoms with Crippen molar-refractivity contribution in [2.45, 2.75) is 20.4 Å². The van der Waals surface area contributed by atoms with E-state index in [4.69, 9.17) is 9.15 Å². The van der Waals surface area contributed by atoms with E-state index in [0.29, 0.717) is 19.0 Å². The fourth-order valence-electron chi connectivity index (χ4n) is 1.98. The van der Waals surface area contributed by atoms with E-state index < -0.39 is 0 Å². The van der Waals surface area contributed by atoms with E-state index in [1.807, 2.05) is 0 Å². The molecule has 0 atom stereocenters. The lowest BCUT2D eigenvalue weighted by Crippen LogP contribution is -2.18. The predicted octanol–water partition coefficient (Wildman–Crippen LogP) is 2.69. The van der Waals surface area contributed by atoms with Crippen LogP contribution in [-0.4, -0.2) is 25.2 Å². The van der Waals surface area contributed by atoms with E-state index in [9.17, 15) is 0 Å². The Morgan fingerprint density at radius 2 is 2.16 bits per heavy atom. The molecular weight excluding hydrogens is 240 g/mol. The summed E-state index contributed by atoms with van der Waals surface area (Å²) in [7, 11) is 1.69.